The monoisotopic (exact) mass is 298 g/mol. The number of urea groups is 1. The van der Waals surface area contributed by atoms with Crippen molar-refractivity contribution in [2.45, 2.75) is 44.8 Å². The molecule has 1 aliphatic carbocycles. The standard InChI is InChI=1S/C17H22N4O/c22-17(20-16-8-3-4-9-16)18-12-14-6-1-2-7-15(14)13-21-11-5-10-19-21/h1-2,5-7,10-11,16H,3-4,8-9,12-13H2,(H2,18,20,22). The molecule has 1 saturated carbocycles. The zero-order valence-electron chi connectivity index (χ0n) is 12.7. The quantitative estimate of drug-likeness (QED) is 0.891. The maximum absolute atomic E-state index is 12.0. The fourth-order valence-corrected chi connectivity index (χ4v) is 2.93. The molecule has 1 aromatic carbocycles. The first-order valence-electron chi connectivity index (χ1n) is 7.90. The fraction of sp³-hybridized carbons (Fsp3) is 0.412. The van der Waals surface area contributed by atoms with Gasteiger partial charge < -0.3 is 10.6 Å². The molecule has 0 saturated heterocycles. The van der Waals surface area contributed by atoms with E-state index in [9.17, 15) is 4.79 Å². The maximum atomic E-state index is 12.0. The van der Waals surface area contributed by atoms with Gasteiger partial charge in [0.25, 0.3) is 0 Å². The number of nitrogens with one attached hydrogen (secondary N) is 2. The average molecular weight is 298 g/mol. The van der Waals surface area contributed by atoms with Crippen LogP contribution in [0.1, 0.15) is 36.8 Å². The second kappa shape index (κ2) is 7.11. The highest BCUT2D eigenvalue weighted by Crippen LogP contribution is 2.17. The summed E-state index contributed by atoms with van der Waals surface area (Å²) in [7, 11) is 0. The molecule has 1 aliphatic rings. The van der Waals surface area contributed by atoms with Crippen molar-refractivity contribution in [3.8, 4) is 0 Å². The van der Waals surface area contributed by atoms with Gasteiger partial charge in [-0.05, 0) is 30.0 Å². The largest absolute Gasteiger partial charge is 0.335 e. The van der Waals surface area contributed by atoms with Crippen molar-refractivity contribution in [3.05, 3.63) is 53.9 Å². The lowest BCUT2D eigenvalue weighted by Crippen LogP contribution is -2.40. The third kappa shape index (κ3) is 3.87. The molecule has 0 aliphatic heterocycles. The van der Waals surface area contributed by atoms with Gasteiger partial charge in [-0.1, -0.05) is 37.1 Å². The van der Waals surface area contributed by atoms with Crippen LogP contribution >= 0.6 is 0 Å². The van der Waals surface area contributed by atoms with Crippen LogP contribution in [-0.4, -0.2) is 21.9 Å². The van der Waals surface area contributed by atoms with E-state index in [1.165, 1.54) is 18.4 Å². The Labute approximate surface area is 130 Å². The molecule has 0 atom stereocenters. The van der Waals surface area contributed by atoms with Crippen LogP contribution in [0.3, 0.4) is 0 Å². The number of aromatic nitrogens is 2. The van der Waals surface area contributed by atoms with Crippen molar-refractivity contribution in [2.24, 2.45) is 0 Å². The van der Waals surface area contributed by atoms with E-state index in [0.29, 0.717) is 12.6 Å². The summed E-state index contributed by atoms with van der Waals surface area (Å²) in [5, 5.41) is 10.2. The second-order valence-corrected chi connectivity index (χ2v) is 5.78. The number of carbonyl (C=O) groups excluding carboxylic acids is 1. The van der Waals surface area contributed by atoms with Gasteiger partial charge in [0.1, 0.15) is 0 Å². The molecule has 1 aromatic heterocycles. The molecular formula is C17H22N4O. The Hall–Kier alpha value is -2.30. The number of benzene rings is 1. The predicted molar refractivity (Wildman–Crippen MR) is 85.4 cm³/mol. The van der Waals surface area contributed by atoms with E-state index in [-0.39, 0.29) is 6.03 Å². The lowest BCUT2D eigenvalue weighted by molar-refractivity contribution is 0.236. The first kappa shape index (κ1) is 14.6. The Morgan fingerprint density at radius 2 is 1.95 bits per heavy atom. The van der Waals surface area contributed by atoms with E-state index >= 15 is 0 Å². The molecule has 5 nitrogen and oxygen atoms in total. The van der Waals surface area contributed by atoms with Gasteiger partial charge >= 0.3 is 6.03 Å². The molecule has 2 N–H and O–H groups in total. The van der Waals surface area contributed by atoms with Gasteiger partial charge in [-0.2, -0.15) is 5.10 Å². The van der Waals surface area contributed by atoms with Crippen LogP contribution in [0.4, 0.5) is 4.79 Å². The Morgan fingerprint density at radius 3 is 2.68 bits per heavy atom. The Balaban J connectivity index is 1.56. The summed E-state index contributed by atoms with van der Waals surface area (Å²) < 4.78 is 1.89. The lowest BCUT2D eigenvalue weighted by atomic mass is 10.1. The molecule has 1 heterocycles. The van der Waals surface area contributed by atoms with Crippen molar-refractivity contribution in [2.75, 3.05) is 0 Å². The number of hydrogen-bond acceptors (Lipinski definition) is 2. The zero-order chi connectivity index (χ0) is 15.2. The highest BCUT2D eigenvalue weighted by atomic mass is 16.2. The molecule has 0 spiro atoms. The van der Waals surface area contributed by atoms with Gasteiger partial charge in [-0.15, -0.1) is 0 Å². The van der Waals surface area contributed by atoms with Gasteiger partial charge in [-0.3, -0.25) is 4.68 Å². The summed E-state index contributed by atoms with van der Waals surface area (Å²) in [4.78, 5) is 12.0. The van der Waals surface area contributed by atoms with Crippen LogP contribution in [-0.2, 0) is 13.1 Å². The van der Waals surface area contributed by atoms with E-state index < -0.39 is 0 Å². The minimum atomic E-state index is -0.0687. The van der Waals surface area contributed by atoms with Crippen molar-refractivity contribution >= 4 is 6.03 Å². The number of hydrogen-bond donors (Lipinski definition) is 2. The lowest BCUT2D eigenvalue weighted by Gasteiger charge is -2.14. The summed E-state index contributed by atoms with van der Waals surface area (Å²) >= 11 is 0. The predicted octanol–water partition coefficient (Wildman–Crippen LogP) is 2.67. The minimum Gasteiger partial charge on any atom is -0.335 e. The van der Waals surface area contributed by atoms with Crippen LogP contribution in [0.5, 0.6) is 0 Å². The number of rotatable bonds is 5. The zero-order valence-corrected chi connectivity index (χ0v) is 12.7. The third-order valence-electron chi connectivity index (χ3n) is 4.14. The Bertz CT molecular complexity index is 603. The summed E-state index contributed by atoms with van der Waals surface area (Å²) in [5.74, 6) is 0. The second-order valence-electron chi connectivity index (χ2n) is 5.78. The normalized spacial score (nSPS) is 14.9. The van der Waals surface area contributed by atoms with Crippen LogP contribution in [0.25, 0.3) is 0 Å². The molecule has 0 unspecified atom stereocenters. The highest BCUT2D eigenvalue weighted by molar-refractivity contribution is 5.74. The molecule has 0 radical (unpaired) electrons. The summed E-state index contributed by atoms with van der Waals surface area (Å²) in [6.07, 6.45) is 8.36. The van der Waals surface area contributed by atoms with E-state index in [1.807, 2.05) is 29.1 Å². The first-order chi connectivity index (χ1) is 10.8. The van der Waals surface area contributed by atoms with Crippen LogP contribution in [0, 0.1) is 0 Å². The Kier molecular flexibility index (Phi) is 4.73. The molecule has 0 bridgehead atoms. The maximum Gasteiger partial charge on any atom is 0.315 e. The summed E-state index contributed by atoms with van der Waals surface area (Å²) in [6, 6.07) is 10.3. The molecule has 116 valence electrons. The van der Waals surface area contributed by atoms with Crippen molar-refractivity contribution < 1.29 is 4.79 Å². The smallest absolute Gasteiger partial charge is 0.315 e. The number of amides is 2. The van der Waals surface area contributed by atoms with Crippen LogP contribution < -0.4 is 10.6 Å². The summed E-state index contributed by atoms with van der Waals surface area (Å²) in [6.45, 7) is 1.26. The van der Waals surface area contributed by atoms with E-state index in [4.69, 9.17) is 0 Å². The average Bonchev–Trinajstić information content (AvgIpc) is 3.20. The van der Waals surface area contributed by atoms with Gasteiger partial charge in [0, 0.05) is 25.0 Å². The minimum absolute atomic E-state index is 0.0687. The molecule has 3 rings (SSSR count). The molecular weight excluding hydrogens is 276 g/mol. The number of carbonyl (C=O) groups is 1. The molecule has 1 fully saturated rings. The fourth-order valence-electron chi connectivity index (χ4n) is 2.93. The highest BCUT2D eigenvalue weighted by Gasteiger charge is 2.16. The van der Waals surface area contributed by atoms with Crippen molar-refractivity contribution in [3.63, 3.8) is 0 Å². The van der Waals surface area contributed by atoms with Crippen molar-refractivity contribution in [1.29, 1.82) is 0 Å². The Morgan fingerprint density at radius 1 is 1.18 bits per heavy atom. The molecule has 2 amide bonds. The van der Waals surface area contributed by atoms with E-state index in [1.54, 1.807) is 6.20 Å². The third-order valence-corrected chi connectivity index (χ3v) is 4.14. The van der Waals surface area contributed by atoms with Gasteiger partial charge in [0.15, 0.2) is 0 Å². The number of nitrogens with zero attached hydrogens (tertiary/aromatic N) is 2. The van der Waals surface area contributed by atoms with E-state index in [0.717, 1.165) is 24.9 Å². The summed E-state index contributed by atoms with van der Waals surface area (Å²) in [5.41, 5.74) is 2.30. The van der Waals surface area contributed by atoms with Crippen molar-refractivity contribution in [1.82, 2.24) is 20.4 Å². The van der Waals surface area contributed by atoms with Gasteiger partial charge in [0.2, 0.25) is 0 Å². The topological polar surface area (TPSA) is 59.0 Å². The van der Waals surface area contributed by atoms with Crippen LogP contribution in [0.15, 0.2) is 42.7 Å². The van der Waals surface area contributed by atoms with Gasteiger partial charge in [0.05, 0.1) is 6.54 Å². The first-order valence-corrected chi connectivity index (χ1v) is 7.90. The molecule has 2 aromatic rings. The van der Waals surface area contributed by atoms with Crippen LogP contribution in [0.2, 0.25) is 0 Å². The van der Waals surface area contributed by atoms with E-state index in [2.05, 4.69) is 27.9 Å². The molecule has 5 heteroatoms. The molecule has 22 heavy (non-hydrogen) atoms. The SMILES string of the molecule is O=C(NCc1ccccc1Cn1cccn1)NC1CCCC1. The van der Waals surface area contributed by atoms with Gasteiger partial charge in [-0.25, -0.2) is 4.79 Å².